The molecule has 0 fully saturated rings. The number of aromatic nitrogens is 1. The first kappa shape index (κ1) is 15.9. The molecule has 0 radical (unpaired) electrons. The number of benzene rings is 2. The standard InChI is InChI=1S/C16H12N2O5S/c1-23-13-6-2-3-7-14(13)24(21,22)15-9-8-12-11(5-4-10-17-12)16(15)18(19)20/h2-10H,1H3. The molecular weight excluding hydrogens is 332 g/mol. The van der Waals surface area contributed by atoms with Crippen LogP contribution in [-0.4, -0.2) is 25.4 Å². The highest BCUT2D eigenvalue weighted by molar-refractivity contribution is 7.91. The summed E-state index contributed by atoms with van der Waals surface area (Å²) in [7, 11) is -2.80. The van der Waals surface area contributed by atoms with E-state index in [-0.39, 0.29) is 16.0 Å². The summed E-state index contributed by atoms with van der Waals surface area (Å²) in [6.07, 6.45) is 1.49. The van der Waals surface area contributed by atoms with Crippen molar-refractivity contribution in [3.63, 3.8) is 0 Å². The summed E-state index contributed by atoms with van der Waals surface area (Å²) in [4.78, 5) is 14.4. The molecule has 122 valence electrons. The average Bonchev–Trinajstić information content (AvgIpc) is 2.60. The van der Waals surface area contributed by atoms with E-state index in [1.165, 1.54) is 55.8 Å². The van der Waals surface area contributed by atoms with Crippen LogP contribution in [-0.2, 0) is 9.84 Å². The first-order chi connectivity index (χ1) is 11.5. The Bertz CT molecular complexity index is 1050. The quantitative estimate of drug-likeness (QED) is 0.533. The Balaban J connectivity index is 2.37. The molecule has 0 saturated heterocycles. The molecule has 24 heavy (non-hydrogen) atoms. The second-order valence-corrected chi connectivity index (χ2v) is 6.78. The van der Waals surface area contributed by atoms with Crippen molar-refractivity contribution in [2.45, 2.75) is 9.79 Å². The van der Waals surface area contributed by atoms with Gasteiger partial charge in [0.15, 0.2) is 4.90 Å². The van der Waals surface area contributed by atoms with Gasteiger partial charge in [-0.15, -0.1) is 0 Å². The minimum atomic E-state index is -4.14. The molecule has 3 rings (SSSR count). The maximum Gasteiger partial charge on any atom is 0.297 e. The Labute approximate surface area is 137 Å². The highest BCUT2D eigenvalue weighted by Crippen LogP contribution is 2.37. The third kappa shape index (κ3) is 2.46. The number of rotatable bonds is 4. The molecule has 0 saturated carbocycles. The second-order valence-electron chi connectivity index (χ2n) is 4.89. The van der Waals surface area contributed by atoms with Crippen LogP contribution in [0.4, 0.5) is 5.69 Å². The summed E-state index contributed by atoms with van der Waals surface area (Å²) < 4.78 is 31.0. The van der Waals surface area contributed by atoms with Crippen molar-refractivity contribution in [1.82, 2.24) is 4.98 Å². The van der Waals surface area contributed by atoms with Crippen molar-refractivity contribution in [3.8, 4) is 5.75 Å². The lowest BCUT2D eigenvalue weighted by Gasteiger charge is -2.10. The van der Waals surface area contributed by atoms with Crippen LogP contribution >= 0.6 is 0 Å². The maximum absolute atomic E-state index is 13.0. The molecule has 0 spiro atoms. The van der Waals surface area contributed by atoms with E-state index in [0.717, 1.165) is 0 Å². The van der Waals surface area contributed by atoms with Crippen LogP contribution in [0.5, 0.6) is 5.75 Å². The molecule has 0 aliphatic carbocycles. The monoisotopic (exact) mass is 344 g/mol. The molecule has 0 atom stereocenters. The summed E-state index contributed by atoms with van der Waals surface area (Å²) in [5.74, 6) is 0.123. The molecule has 1 heterocycles. The second kappa shape index (κ2) is 5.89. The maximum atomic E-state index is 13.0. The molecule has 3 aromatic rings. The van der Waals surface area contributed by atoms with Gasteiger partial charge < -0.3 is 4.74 Å². The number of nitro benzene ring substituents is 1. The van der Waals surface area contributed by atoms with Crippen molar-refractivity contribution >= 4 is 26.4 Å². The molecule has 2 aromatic carbocycles. The summed E-state index contributed by atoms with van der Waals surface area (Å²) >= 11 is 0. The normalized spacial score (nSPS) is 11.4. The third-order valence-electron chi connectivity index (χ3n) is 3.55. The number of para-hydroxylation sites is 1. The van der Waals surface area contributed by atoms with E-state index in [1.54, 1.807) is 6.07 Å². The van der Waals surface area contributed by atoms with Gasteiger partial charge in [-0.1, -0.05) is 12.1 Å². The summed E-state index contributed by atoms with van der Waals surface area (Å²) in [5.41, 5.74) is -0.144. The first-order valence-corrected chi connectivity index (χ1v) is 8.35. The number of hydrogen-bond donors (Lipinski definition) is 0. The van der Waals surface area contributed by atoms with Crippen LogP contribution in [0.3, 0.4) is 0 Å². The average molecular weight is 344 g/mol. The van der Waals surface area contributed by atoms with Crippen LogP contribution in [0.25, 0.3) is 10.9 Å². The fourth-order valence-electron chi connectivity index (χ4n) is 2.48. The minimum Gasteiger partial charge on any atom is -0.495 e. The molecule has 0 unspecified atom stereocenters. The van der Waals surface area contributed by atoms with E-state index in [4.69, 9.17) is 4.74 Å². The molecule has 0 N–H and O–H groups in total. The Morgan fingerprint density at radius 3 is 2.50 bits per heavy atom. The van der Waals surface area contributed by atoms with Crippen molar-refractivity contribution in [3.05, 3.63) is 64.8 Å². The molecule has 0 bridgehead atoms. The lowest BCUT2D eigenvalue weighted by molar-refractivity contribution is -0.386. The van der Waals surface area contributed by atoms with Crippen molar-refractivity contribution in [2.75, 3.05) is 7.11 Å². The van der Waals surface area contributed by atoms with Crippen LogP contribution < -0.4 is 4.74 Å². The van der Waals surface area contributed by atoms with Gasteiger partial charge in [0.05, 0.1) is 22.9 Å². The van der Waals surface area contributed by atoms with Gasteiger partial charge in [0.25, 0.3) is 5.69 Å². The van der Waals surface area contributed by atoms with Gasteiger partial charge in [-0.25, -0.2) is 8.42 Å². The Kier molecular flexibility index (Phi) is 3.90. The molecule has 0 aliphatic heterocycles. The summed E-state index contributed by atoms with van der Waals surface area (Å²) in [6.45, 7) is 0. The molecule has 8 heteroatoms. The van der Waals surface area contributed by atoms with E-state index >= 15 is 0 Å². The summed E-state index contributed by atoms with van der Waals surface area (Å²) in [5, 5.41) is 11.7. The van der Waals surface area contributed by atoms with E-state index in [2.05, 4.69) is 4.98 Å². The van der Waals surface area contributed by atoms with Gasteiger partial charge >= 0.3 is 0 Å². The molecule has 0 amide bonds. The van der Waals surface area contributed by atoms with Gasteiger partial charge in [0, 0.05) is 6.20 Å². The highest BCUT2D eigenvalue weighted by Gasteiger charge is 2.31. The number of nitrogens with zero attached hydrogens (tertiary/aromatic N) is 2. The Hall–Kier alpha value is -3.00. The van der Waals surface area contributed by atoms with Gasteiger partial charge in [-0.2, -0.15) is 0 Å². The zero-order chi connectivity index (χ0) is 17.3. The predicted octanol–water partition coefficient (Wildman–Crippen LogP) is 2.98. The lowest BCUT2D eigenvalue weighted by Crippen LogP contribution is -2.08. The smallest absolute Gasteiger partial charge is 0.297 e. The number of nitro groups is 1. The van der Waals surface area contributed by atoms with Gasteiger partial charge in [0.1, 0.15) is 10.6 Å². The topological polar surface area (TPSA) is 99.4 Å². The van der Waals surface area contributed by atoms with E-state index in [0.29, 0.717) is 5.52 Å². The number of fused-ring (bicyclic) bond motifs is 1. The third-order valence-corrected chi connectivity index (χ3v) is 5.38. The number of ether oxygens (including phenoxy) is 1. The minimum absolute atomic E-state index is 0.123. The van der Waals surface area contributed by atoms with Crippen molar-refractivity contribution < 1.29 is 18.1 Å². The SMILES string of the molecule is COc1ccccc1S(=O)(=O)c1ccc2ncccc2c1[N+](=O)[O-]. The number of pyridine rings is 1. The molecule has 7 nitrogen and oxygen atoms in total. The summed E-state index contributed by atoms with van der Waals surface area (Å²) in [6, 6.07) is 11.6. The van der Waals surface area contributed by atoms with Gasteiger partial charge in [0.2, 0.25) is 9.84 Å². The van der Waals surface area contributed by atoms with Crippen molar-refractivity contribution in [2.24, 2.45) is 0 Å². The van der Waals surface area contributed by atoms with Crippen LogP contribution in [0.1, 0.15) is 0 Å². The number of hydrogen-bond acceptors (Lipinski definition) is 6. The Morgan fingerprint density at radius 2 is 1.79 bits per heavy atom. The van der Waals surface area contributed by atoms with Gasteiger partial charge in [-0.05, 0) is 36.4 Å². The molecular formula is C16H12N2O5S. The number of methoxy groups -OCH3 is 1. The predicted molar refractivity (Wildman–Crippen MR) is 86.8 cm³/mol. The lowest BCUT2D eigenvalue weighted by atomic mass is 10.2. The fourth-order valence-corrected chi connectivity index (χ4v) is 4.08. The largest absolute Gasteiger partial charge is 0.495 e. The first-order valence-electron chi connectivity index (χ1n) is 6.87. The van der Waals surface area contributed by atoms with Crippen molar-refractivity contribution in [1.29, 1.82) is 0 Å². The van der Waals surface area contributed by atoms with Crippen LogP contribution in [0, 0.1) is 10.1 Å². The van der Waals surface area contributed by atoms with E-state index < -0.39 is 25.3 Å². The zero-order valence-corrected chi connectivity index (χ0v) is 13.4. The molecule has 0 aliphatic rings. The van der Waals surface area contributed by atoms with Crippen LogP contribution in [0.15, 0.2) is 64.5 Å². The van der Waals surface area contributed by atoms with Gasteiger partial charge in [-0.3, -0.25) is 15.1 Å². The van der Waals surface area contributed by atoms with E-state index in [9.17, 15) is 18.5 Å². The van der Waals surface area contributed by atoms with E-state index in [1.807, 2.05) is 0 Å². The van der Waals surface area contributed by atoms with Crippen LogP contribution in [0.2, 0.25) is 0 Å². The highest BCUT2D eigenvalue weighted by atomic mass is 32.2. The fraction of sp³-hybridized carbons (Fsp3) is 0.0625. The molecule has 1 aromatic heterocycles. The Morgan fingerprint density at radius 1 is 1.04 bits per heavy atom. The number of sulfone groups is 1. The zero-order valence-electron chi connectivity index (χ0n) is 12.5.